The fourth-order valence-corrected chi connectivity index (χ4v) is 2.00. The summed E-state index contributed by atoms with van der Waals surface area (Å²) in [5, 5.41) is 16.5. The van der Waals surface area contributed by atoms with Crippen LogP contribution >= 0.6 is 0 Å². The van der Waals surface area contributed by atoms with Gasteiger partial charge in [0.2, 0.25) is 5.95 Å². The fraction of sp³-hybridized carbons (Fsp3) is 0.0667. The normalized spacial score (nSPS) is 10.4. The summed E-state index contributed by atoms with van der Waals surface area (Å²) in [5.74, 6) is 1.52. The summed E-state index contributed by atoms with van der Waals surface area (Å²) in [7, 11) is 1.83. The lowest BCUT2D eigenvalue weighted by Gasteiger charge is -2.09. The van der Waals surface area contributed by atoms with Gasteiger partial charge in [-0.2, -0.15) is 4.98 Å². The number of aromatic hydroxyl groups is 1. The van der Waals surface area contributed by atoms with Crippen LogP contribution in [0.1, 0.15) is 0 Å². The Hall–Kier alpha value is -2.82. The lowest BCUT2D eigenvalue weighted by Crippen LogP contribution is -2.01. The molecule has 0 radical (unpaired) electrons. The lowest BCUT2D eigenvalue weighted by atomic mass is 10.2. The van der Waals surface area contributed by atoms with Crippen molar-refractivity contribution in [2.24, 2.45) is 0 Å². The predicted molar refractivity (Wildman–Crippen MR) is 80.5 cm³/mol. The molecule has 0 amide bonds. The number of aromatic nitrogens is 2. The number of hydrogen-bond acceptors (Lipinski definition) is 5. The second-order valence-electron chi connectivity index (χ2n) is 4.33. The van der Waals surface area contributed by atoms with Crippen LogP contribution in [0.5, 0.6) is 5.75 Å². The van der Waals surface area contributed by atoms with Crippen molar-refractivity contribution < 1.29 is 5.11 Å². The molecule has 0 aliphatic heterocycles. The van der Waals surface area contributed by atoms with Gasteiger partial charge in [0.1, 0.15) is 11.6 Å². The standard InChI is InChI=1S/C15H14N4O/c1-16-14-12-4-2-3-5-13(12)18-15(19-14)17-10-6-8-11(20)9-7-10/h2-9,20H,1H3,(H2,16,17,18,19). The average molecular weight is 266 g/mol. The first-order valence-electron chi connectivity index (χ1n) is 6.27. The minimum absolute atomic E-state index is 0.228. The van der Waals surface area contributed by atoms with Crippen molar-refractivity contribution in [3.63, 3.8) is 0 Å². The number of rotatable bonds is 3. The van der Waals surface area contributed by atoms with E-state index in [-0.39, 0.29) is 5.75 Å². The summed E-state index contributed by atoms with van der Waals surface area (Å²) in [4.78, 5) is 8.92. The number of phenols is 1. The van der Waals surface area contributed by atoms with Gasteiger partial charge in [-0.3, -0.25) is 0 Å². The molecule has 3 aromatic rings. The molecule has 0 atom stereocenters. The van der Waals surface area contributed by atoms with Crippen molar-refractivity contribution in [3.8, 4) is 5.75 Å². The summed E-state index contributed by atoms with van der Waals surface area (Å²) in [6.07, 6.45) is 0. The van der Waals surface area contributed by atoms with E-state index in [2.05, 4.69) is 20.6 Å². The maximum Gasteiger partial charge on any atom is 0.229 e. The summed E-state index contributed by atoms with van der Waals surface area (Å²) in [5.41, 5.74) is 1.69. The van der Waals surface area contributed by atoms with E-state index in [1.165, 1.54) is 0 Å². The molecule has 3 rings (SSSR count). The molecule has 0 aliphatic rings. The summed E-state index contributed by atoms with van der Waals surface area (Å²) in [6.45, 7) is 0. The van der Waals surface area contributed by atoms with Gasteiger partial charge in [0.15, 0.2) is 0 Å². The third-order valence-electron chi connectivity index (χ3n) is 2.96. The first-order chi connectivity index (χ1) is 9.76. The molecule has 2 aromatic carbocycles. The number of benzene rings is 2. The molecule has 0 aliphatic carbocycles. The third-order valence-corrected chi connectivity index (χ3v) is 2.96. The van der Waals surface area contributed by atoms with E-state index in [9.17, 15) is 5.11 Å². The Bertz CT molecular complexity index is 740. The van der Waals surface area contributed by atoms with Crippen LogP contribution in [0.2, 0.25) is 0 Å². The van der Waals surface area contributed by atoms with Crippen LogP contribution in [0.15, 0.2) is 48.5 Å². The lowest BCUT2D eigenvalue weighted by molar-refractivity contribution is 0.475. The van der Waals surface area contributed by atoms with Crippen LogP contribution in [0.25, 0.3) is 10.9 Å². The Kier molecular flexibility index (Phi) is 3.09. The Morgan fingerprint density at radius 3 is 2.45 bits per heavy atom. The average Bonchev–Trinajstić information content (AvgIpc) is 2.49. The van der Waals surface area contributed by atoms with Crippen molar-refractivity contribution in [1.29, 1.82) is 0 Å². The van der Waals surface area contributed by atoms with Crippen molar-refractivity contribution in [2.45, 2.75) is 0 Å². The quantitative estimate of drug-likeness (QED) is 0.635. The summed E-state index contributed by atoms with van der Waals surface area (Å²) in [6, 6.07) is 14.6. The summed E-state index contributed by atoms with van der Waals surface area (Å²) >= 11 is 0. The number of fused-ring (bicyclic) bond motifs is 1. The monoisotopic (exact) mass is 266 g/mol. The van der Waals surface area contributed by atoms with E-state index in [4.69, 9.17) is 0 Å². The minimum Gasteiger partial charge on any atom is -0.508 e. The van der Waals surface area contributed by atoms with E-state index in [1.54, 1.807) is 24.3 Å². The number of anilines is 3. The molecule has 0 fully saturated rings. The molecular weight excluding hydrogens is 252 g/mol. The Morgan fingerprint density at radius 2 is 1.70 bits per heavy atom. The highest BCUT2D eigenvalue weighted by atomic mass is 16.3. The van der Waals surface area contributed by atoms with Gasteiger partial charge in [-0.25, -0.2) is 4.98 Å². The van der Waals surface area contributed by atoms with Crippen LogP contribution in [-0.4, -0.2) is 22.1 Å². The van der Waals surface area contributed by atoms with E-state index in [0.717, 1.165) is 22.4 Å². The highest BCUT2D eigenvalue weighted by molar-refractivity contribution is 5.90. The van der Waals surface area contributed by atoms with Gasteiger partial charge < -0.3 is 15.7 Å². The maximum absolute atomic E-state index is 9.28. The summed E-state index contributed by atoms with van der Waals surface area (Å²) < 4.78 is 0. The zero-order valence-corrected chi connectivity index (χ0v) is 11.0. The van der Waals surface area contributed by atoms with Crippen LogP contribution in [0.3, 0.4) is 0 Å². The Morgan fingerprint density at radius 1 is 0.950 bits per heavy atom. The fourth-order valence-electron chi connectivity index (χ4n) is 2.00. The zero-order chi connectivity index (χ0) is 13.9. The topological polar surface area (TPSA) is 70.1 Å². The zero-order valence-electron chi connectivity index (χ0n) is 11.0. The smallest absolute Gasteiger partial charge is 0.229 e. The van der Waals surface area contributed by atoms with Gasteiger partial charge in [0.05, 0.1) is 5.52 Å². The van der Waals surface area contributed by atoms with Gasteiger partial charge >= 0.3 is 0 Å². The van der Waals surface area contributed by atoms with Gasteiger partial charge in [0.25, 0.3) is 0 Å². The van der Waals surface area contributed by atoms with Crippen molar-refractivity contribution >= 4 is 28.4 Å². The van der Waals surface area contributed by atoms with Gasteiger partial charge in [-0.1, -0.05) is 12.1 Å². The molecule has 20 heavy (non-hydrogen) atoms. The molecule has 1 aromatic heterocycles. The van der Waals surface area contributed by atoms with Gasteiger partial charge in [-0.05, 0) is 36.4 Å². The predicted octanol–water partition coefficient (Wildman–Crippen LogP) is 3.12. The van der Waals surface area contributed by atoms with Crippen LogP contribution in [0.4, 0.5) is 17.5 Å². The second-order valence-corrected chi connectivity index (χ2v) is 4.33. The van der Waals surface area contributed by atoms with Crippen LogP contribution in [0, 0.1) is 0 Å². The molecule has 100 valence electrons. The van der Waals surface area contributed by atoms with Crippen molar-refractivity contribution in [3.05, 3.63) is 48.5 Å². The molecule has 0 saturated carbocycles. The molecular formula is C15H14N4O. The van der Waals surface area contributed by atoms with Gasteiger partial charge in [-0.15, -0.1) is 0 Å². The number of nitrogens with zero attached hydrogens (tertiary/aromatic N) is 2. The Balaban J connectivity index is 2.01. The van der Waals surface area contributed by atoms with E-state index in [1.807, 2.05) is 31.3 Å². The number of nitrogens with one attached hydrogen (secondary N) is 2. The van der Waals surface area contributed by atoms with Crippen molar-refractivity contribution in [2.75, 3.05) is 17.7 Å². The van der Waals surface area contributed by atoms with E-state index >= 15 is 0 Å². The Labute approximate surface area is 116 Å². The molecule has 5 heteroatoms. The highest BCUT2D eigenvalue weighted by Crippen LogP contribution is 2.23. The largest absolute Gasteiger partial charge is 0.508 e. The molecule has 5 nitrogen and oxygen atoms in total. The molecule has 1 heterocycles. The third kappa shape index (κ3) is 2.33. The van der Waals surface area contributed by atoms with Gasteiger partial charge in [0, 0.05) is 18.1 Å². The van der Waals surface area contributed by atoms with E-state index < -0.39 is 0 Å². The van der Waals surface area contributed by atoms with E-state index in [0.29, 0.717) is 5.95 Å². The molecule has 0 spiro atoms. The highest BCUT2D eigenvalue weighted by Gasteiger charge is 2.06. The number of para-hydroxylation sites is 1. The molecule has 0 unspecified atom stereocenters. The van der Waals surface area contributed by atoms with Crippen LogP contribution in [-0.2, 0) is 0 Å². The first kappa shape index (κ1) is 12.2. The van der Waals surface area contributed by atoms with Crippen LogP contribution < -0.4 is 10.6 Å². The first-order valence-corrected chi connectivity index (χ1v) is 6.27. The molecule has 3 N–H and O–H groups in total. The van der Waals surface area contributed by atoms with Crippen molar-refractivity contribution in [1.82, 2.24) is 9.97 Å². The number of phenolic OH excluding ortho intramolecular Hbond substituents is 1. The molecule has 0 bridgehead atoms. The SMILES string of the molecule is CNc1nc(Nc2ccc(O)cc2)nc2ccccc12. The second kappa shape index (κ2) is 5.05. The maximum atomic E-state index is 9.28. The number of hydrogen-bond donors (Lipinski definition) is 3. The molecule has 0 saturated heterocycles. The minimum atomic E-state index is 0.228.